The standard InChI is InChI=1S/C15H19FN2O3/c1-10-3-4-11(16)7-12(10)17-13(19)8-18-6-5-15(2,9-18)14(20)21/h3-4,7H,5-6,8-9H2,1-2H3,(H,17,19)(H,20,21). The number of likely N-dealkylation sites (tertiary alicyclic amines) is 1. The molecule has 6 heteroatoms. The van der Waals surface area contributed by atoms with Crippen LogP contribution in [0.5, 0.6) is 0 Å². The summed E-state index contributed by atoms with van der Waals surface area (Å²) in [5.74, 6) is -1.51. The number of amides is 1. The molecular formula is C15H19FN2O3. The van der Waals surface area contributed by atoms with Gasteiger partial charge in [0.05, 0.1) is 12.0 Å². The summed E-state index contributed by atoms with van der Waals surface area (Å²) in [4.78, 5) is 25.0. The van der Waals surface area contributed by atoms with Crippen molar-refractivity contribution in [1.29, 1.82) is 0 Å². The second-order valence-corrected chi connectivity index (χ2v) is 5.83. The Kier molecular flexibility index (Phi) is 4.27. The van der Waals surface area contributed by atoms with Gasteiger partial charge in [-0.2, -0.15) is 0 Å². The molecule has 1 aromatic carbocycles. The fraction of sp³-hybridized carbons (Fsp3) is 0.467. The van der Waals surface area contributed by atoms with Crippen molar-refractivity contribution in [3.8, 4) is 0 Å². The number of benzene rings is 1. The molecule has 0 saturated carbocycles. The maximum atomic E-state index is 13.2. The molecule has 114 valence electrons. The summed E-state index contributed by atoms with van der Waals surface area (Å²) in [5.41, 5.74) is 0.427. The number of aryl methyl sites for hydroxylation is 1. The number of hydrogen-bond acceptors (Lipinski definition) is 3. The van der Waals surface area contributed by atoms with E-state index in [-0.39, 0.29) is 12.5 Å². The van der Waals surface area contributed by atoms with Crippen molar-refractivity contribution in [1.82, 2.24) is 4.90 Å². The van der Waals surface area contributed by atoms with Crippen LogP contribution in [0.25, 0.3) is 0 Å². The SMILES string of the molecule is Cc1ccc(F)cc1NC(=O)CN1CCC(C)(C(=O)O)C1. The summed E-state index contributed by atoms with van der Waals surface area (Å²) < 4.78 is 13.2. The number of carbonyl (C=O) groups is 2. The highest BCUT2D eigenvalue weighted by Crippen LogP contribution is 2.29. The van der Waals surface area contributed by atoms with Crippen LogP contribution in [0.15, 0.2) is 18.2 Å². The molecule has 0 aliphatic carbocycles. The van der Waals surface area contributed by atoms with E-state index in [1.165, 1.54) is 12.1 Å². The van der Waals surface area contributed by atoms with Gasteiger partial charge in [0.1, 0.15) is 5.82 Å². The first-order valence-electron chi connectivity index (χ1n) is 6.82. The molecule has 0 spiro atoms. The number of hydrogen-bond donors (Lipinski definition) is 2. The Hall–Kier alpha value is -1.95. The van der Waals surface area contributed by atoms with E-state index in [4.69, 9.17) is 5.11 Å². The van der Waals surface area contributed by atoms with Crippen LogP contribution in [0.3, 0.4) is 0 Å². The van der Waals surface area contributed by atoms with Gasteiger partial charge < -0.3 is 10.4 Å². The molecule has 0 aromatic heterocycles. The predicted molar refractivity (Wildman–Crippen MR) is 76.6 cm³/mol. The summed E-state index contributed by atoms with van der Waals surface area (Å²) >= 11 is 0. The van der Waals surface area contributed by atoms with Gasteiger partial charge in [0.25, 0.3) is 0 Å². The van der Waals surface area contributed by atoms with E-state index in [0.29, 0.717) is 25.2 Å². The highest BCUT2D eigenvalue weighted by molar-refractivity contribution is 5.93. The molecule has 0 radical (unpaired) electrons. The van der Waals surface area contributed by atoms with Gasteiger partial charge in [-0.1, -0.05) is 6.07 Å². The van der Waals surface area contributed by atoms with E-state index >= 15 is 0 Å². The Morgan fingerprint density at radius 1 is 1.48 bits per heavy atom. The number of rotatable bonds is 4. The third kappa shape index (κ3) is 3.58. The van der Waals surface area contributed by atoms with Gasteiger partial charge in [-0.05, 0) is 44.5 Å². The van der Waals surface area contributed by atoms with Gasteiger partial charge in [0.15, 0.2) is 0 Å². The number of nitrogens with one attached hydrogen (secondary N) is 1. The minimum atomic E-state index is -0.841. The van der Waals surface area contributed by atoms with Gasteiger partial charge in [-0.15, -0.1) is 0 Å². The van der Waals surface area contributed by atoms with Crippen LogP contribution >= 0.6 is 0 Å². The van der Waals surface area contributed by atoms with Crippen LogP contribution < -0.4 is 5.32 Å². The van der Waals surface area contributed by atoms with E-state index in [1.807, 2.05) is 0 Å². The smallest absolute Gasteiger partial charge is 0.310 e. The quantitative estimate of drug-likeness (QED) is 0.889. The number of halogens is 1. The summed E-state index contributed by atoms with van der Waals surface area (Å²) in [5, 5.41) is 11.8. The lowest BCUT2D eigenvalue weighted by molar-refractivity contribution is -0.147. The van der Waals surface area contributed by atoms with Crippen LogP contribution in [0, 0.1) is 18.2 Å². The lowest BCUT2D eigenvalue weighted by Gasteiger charge is -2.19. The number of nitrogens with zero attached hydrogens (tertiary/aromatic N) is 1. The summed E-state index contributed by atoms with van der Waals surface area (Å²) in [6, 6.07) is 4.21. The Morgan fingerprint density at radius 3 is 2.81 bits per heavy atom. The van der Waals surface area contributed by atoms with Crippen LogP contribution in [-0.4, -0.2) is 41.5 Å². The molecule has 1 fully saturated rings. The molecular weight excluding hydrogens is 275 g/mol. The van der Waals surface area contributed by atoms with E-state index in [0.717, 1.165) is 5.56 Å². The molecule has 0 bridgehead atoms. The minimum Gasteiger partial charge on any atom is -0.481 e. The van der Waals surface area contributed by atoms with Crippen molar-refractivity contribution in [2.24, 2.45) is 5.41 Å². The molecule has 1 amide bonds. The molecule has 1 atom stereocenters. The van der Waals surface area contributed by atoms with Gasteiger partial charge in [-0.3, -0.25) is 14.5 Å². The molecule has 2 rings (SSSR count). The third-order valence-corrected chi connectivity index (χ3v) is 3.91. The number of aliphatic carboxylic acids is 1. The second-order valence-electron chi connectivity index (χ2n) is 5.83. The number of carbonyl (C=O) groups excluding carboxylic acids is 1. The van der Waals surface area contributed by atoms with Crippen LogP contribution in [0.1, 0.15) is 18.9 Å². The van der Waals surface area contributed by atoms with Crippen molar-refractivity contribution in [2.75, 3.05) is 25.0 Å². The fourth-order valence-electron chi connectivity index (χ4n) is 2.49. The predicted octanol–water partition coefficient (Wildman–Crippen LogP) is 1.87. The summed E-state index contributed by atoms with van der Waals surface area (Å²) in [7, 11) is 0. The highest BCUT2D eigenvalue weighted by atomic mass is 19.1. The molecule has 1 saturated heterocycles. The average Bonchev–Trinajstić information content (AvgIpc) is 2.77. The number of carboxylic acid groups (broad SMARTS) is 1. The monoisotopic (exact) mass is 294 g/mol. The van der Waals surface area contributed by atoms with Gasteiger partial charge in [0, 0.05) is 12.2 Å². The Balaban J connectivity index is 1.94. The average molecular weight is 294 g/mol. The molecule has 1 heterocycles. The molecule has 1 unspecified atom stereocenters. The second kappa shape index (κ2) is 5.81. The Morgan fingerprint density at radius 2 is 2.19 bits per heavy atom. The normalized spacial score (nSPS) is 22.2. The first-order chi connectivity index (χ1) is 9.80. The van der Waals surface area contributed by atoms with Gasteiger partial charge in [0.2, 0.25) is 5.91 Å². The van der Waals surface area contributed by atoms with Crippen molar-refractivity contribution in [3.05, 3.63) is 29.6 Å². The van der Waals surface area contributed by atoms with Crippen molar-refractivity contribution in [2.45, 2.75) is 20.3 Å². The van der Waals surface area contributed by atoms with Crippen molar-refractivity contribution in [3.63, 3.8) is 0 Å². The lowest BCUT2D eigenvalue weighted by atomic mass is 9.90. The zero-order valence-corrected chi connectivity index (χ0v) is 12.1. The van der Waals surface area contributed by atoms with Gasteiger partial charge >= 0.3 is 5.97 Å². The van der Waals surface area contributed by atoms with Crippen molar-refractivity contribution >= 4 is 17.6 Å². The highest BCUT2D eigenvalue weighted by Gasteiger charge is 2.40. The molecule has 1 aliphatic rings. The van der Waals surface area contributed by atoms with Crippen LogP contribution in [-0.2, 0) is 9.59 Å². The summed E-state index contributed by atoms with van der Waals surface area (Å²) in [6.45, 7) is 4.49. The third-order valence-electron chi connectivity index (χ3n) is 3.91. The van der Waals surface area contributed by atoms with Crippen LogP contribution in [0.2, 0.25) is 0 Å². The molecule has 1 aliphatic heterocycles. The van der Waals surface area contributed by atoms with E-state index in [2.05, 4.69) is 5.32 Å². The van der Waals surface area contributed by atoms with E-state index in [1.54, 1.807) is 24.8 Å². The minimum absolute atomic E-state index is 0.110. The van der Waals surface area contributed by atoms with E-state index in [9.17, 15) is 14.0 Å². The summed E-state index contributed by atoms with van der Waals surface area (Å²) in [6.07, 6.45) is 0.522. The number of anilines is 1. The van der Waals surface area contributed by atoms with Crippen LogP contribution in [0.4, 0.5) is 10.1 Å². The number of carboxylic acids is 1. The van der Waals surface area contributed by atoms with Gasteiger partial charge in [-0.25, -0.2) is 4.39 Å². The Bertz CT molecular complexity index is 576. The topological polar surface area (TPSA) is 69.6 Å². The largest absolute Gasteiger partial charge is 0.481 e. The zero-order valence-electron chi connectivity index (χ0n) is 12.1. The Labute approximate surface area is 122 Å². The first-order valence-corrected chi connectivity index (χ1v) is 6.82. The first kappa shape index (κ1) is 15.4. The molecule has 21 heavy (non-hydrogen) atoms. The van der Waals surface area contributed by atoms with E-state index < -0.39 is 17.2 Å². The molecule has 2 N–H and O–H groups in total. The zero-order chi connectivity index (χ0) is 15.6. The maximum absolute atomic E-state index is 13.2. The molecule has 1 aromatic rings. The van der Waals surface area contributed by atoms with Crippen molar-refractivity contribution < 1.29 is 19.1 Å². The molecule has 5 nitrogen and oxygen atoms in total. The fourth-order valence-corrected chi connectivity index (χ4v) is 2.49. The maximum Gasteiger partial charge on any atom is 0.310 e. The lowest BCUT2D eigenvalue weighted by Crippen LogP contribution is -2.35.